The van der Waals surface area contributed by atoms with Crippen LogP contribution in [0.15, 0.2) is 30.7 Å². The van der Waals surface area contributed by atoms with Crippen LogP contribution < -0.4 is 0 Å². The van der Waals surface area contributed by atoms with Crippen molar-refractivity contribution in [1.29, 1.82) is 0 Å². The van der Waals surface area contributed by atoms with Gasteiger partial charge in [-0.2, -0.15) is 0 Å². The smallest absolute Gasteiger partial charge is 0.356 e. The lowest BCUT2D eigenvalue weighted by atomic mass is 10.2. The van der Waals surface area contributed by atoms with Crippen LogP contribution in [0, 0.1) is 0 Å². The summed E-state index contributed by atoms with van der Waals surface area (Å²) in [5, 5.41) is 8.87. The number of aromatic nitrogens is 3. The molecule has 0 saturated carbocycles. The molecule has 2 aromatic rings. The van der Waals surface area contributed by atoms with Crippen LogP contribution in [0.25, 0.3) is 11.4 Å². The highest BCUT2D eigenvalue weighted by atomic mass is 35.5. The first kappa shape index (κ1) is 10.5. The topological polar surface area (TPSA) is 76.0 Å². The Kier molecular flexibility index (Phi) is 2.78. The van der Waals surface area contributed by atoms with Gasteiger partial charge in [0.25, 0.3) is 0 Å². The molecule has 1 N–H and O–H groups in total. The second kappa shape index (κ2) is 4.24. The number of carboxylic acid groups (broad SMARTS) is 1. The van der Waals surface area contributed by atoms with Crippen molar-refractivity contribution in [2.45, 2.75) is 0 Å². The van der Waals surface area contributed by atoms with Gasteiger partial charge in [-0.1, -0.05) is 11.6 Å². The fraction of sp³-hybridized carbons (Fsp3) is 0. The molecular weight excluding hydrogens is 230 g/mol. The first-order chi connectivity index (χ1) is 7.68. The Labute approximate surface area is 95.8 Å². The molecule has 0 aromatic carbocycles. The monoisotopic (exact) mass is 235 g/mol. The van der Waals surface area contributed by atoms with Crippen molar-refractivity contribution in [3.8, 4) is 11.4 Å². The van der Waals surface area contributed by atoms with Crippen LogP contribution in [-0.4, -0.2) is 26.0 Å². The summed E-state index contributed by atoms with van der Waals surface area (Å²) in [6, 6.07) is 3.38. The highest BCUT2D eigenvalue weighted by Crippen LogP contribution is 2.18. The first-order valence-corrected chi connectivity index (χ1v) is 4.72. The van der Waals surface area contributed by atoms with Crippen LogP contribution in [0.3, 0.4) is 0 Å². The molecule has 80 valence electrons. The number of carboxylic acids is 1. The quantitative estimate of drug-likeness (QED) is 0.860. The molecule has 0 saturated heterocycles. The molecule has 2 rings (SSSR count). The van der Waals surface area contributed by atoms with E-state index in [0.717, 1.165) is 0 Å². The number of rotatable bonds is 2. The normalized spacial score (nSPS) is 10.1. The van der Waals surface area contributed by atoms with Crippen molar-refractivity contribution >= 4 is 17.6 Å². The van der Waals surface area contributed by atoms with Gasteiger partial charge >= 0.3 is 5.97 Å². The first-order valence-electron chi connectivity index (χ1n) is 4.34. The van der Waals surface area contributed by atoms with E-state index in [1.807, 2.05) is 0 Å². The summed E-state index contributed by atoms with van der Waals surface area (Å²) < 4.78 is 0. The maximum atomic E-state index is 10.8. The van der Waals surface area contributed by atoms with E-state index >= 15 is 0 Å². The minimum Gasteiger partial charge on any atom is -0.476 e. The van der Waals surface area contributed by atoms with Crippen LogP contribution in [0.4, 0.5) is 0 Å². The van der Waals surface area contributed by atoms with Gasteiger partial charge in [-0.05, 0) is 12.1 Å². The zero-order valence-corrected chi connectivity index (χ0v) is 8.72. The average Bonchev–Trinajstić information content (AvgIpc) is 2.30. The number of halogens is 1. The van der Waals surface area contributed by atoms with Gasteiger partial charge < -0.3 is 5.11 Å². The van der Waals surface area contributed by atoms with Crippen LogP contribution in [0.5, 0.6) is 0 Å². The zero-order valence-electron chi connectivity index (χ0n) is 7.96. The van der Waals surface area contributed by atoms with Gasteiger partial charge in [0.1, 0.15) is 0 Å². The van der Waals surface area contributed by atoms with E-state index < -0.39 is 5.97 Å². The molecule has 16 heavy (non-hydrogen) atoms. The third-order valence-electron chi connectivity index (χ3n) is 1.89. The van der Waals surface area contributed by atoms with Crippen molar-refractivity contribution in [2.24, 2.45) is 0 Å². The summed E-state index contributed by atoms with van der Waals surface area (Å²) >= 11 is 5.66. The van der Waals surface area contributed by atoms with Gasteiger partial charge in [0, 0.05) is 18.0 Å². The number of carbonyl (C=O) groups is 1. The lowest BCUT2D eigenvalue weighted by Gasteiger charge is -2.01. The Morgan fingerprint density at radius 1 is 1.31 bits per heavy atom. The largest absolute Gasteiger partial charge is 0.476 e. The Morgan fingerprint density at radius 3 is 2.62 bits per heavy atom. The summed E-state index contributed by atoms with van der Waals surface area (Å²) in [7, 11) is 0. The third kappa shape index (κ3) is 1.99. The van der Waals surface area contributed by atoms with E-state index in [1.54, 1.807) is 24.5 Å². The van der Waals surface area contributed by atoms with Crippen LogP contribution >= 0.6 is 11.6 Å². The minimum atomic E-state index is -1.18. The predicted molar refractivity (Wildman–Crippen MR) is 57.2 cm³/mol. The maximum Gasteiger partial charge on any atom is 0.356 e. The van der Waals surface area contributed by atoms with Crippen molar-refractivity contribution in [2.75, 3.05) is 0 Å². The van der Waals surface area contributed by atoms with E-state index in [-0.39, 0.29) is 10.7 Å². The number of pyridine rings is 1. The summed E-state index contributed by atoms with van der Waals surface area (Å²) in [6.07, 6.45) is 4.43. The van der Waals surface area contributed by atoms with Gasteiger partial charge in [-0.15, -0.1) is 0 Å². The molecule has 0 atom stereocenters. The molecule has 2 aromatic heterocycles. The van der Waals surface area contributed by atoms with Gasteiger partial charge in [0.2, 0.25) is 0 Å². The molecule has 0 aliphatic rings. The standard InChI is InChI=1S/C10H6ClN3O2/c11-7-5-13-9(14-8(7)10(15)16)6-1-3-12-4-2-6/h1-5H,(H,15,16). The van der Waals surface area contributed by atoms with Crippen molar-refractivity contribution in [1.82, 2.24) is 15.0 Å². The Balaban J connectivity index is 2.52. The van der Waals surface area contributed by atoms with Crippen molar-refractivity contribution in [3.05, 3.63) is 41.4 Å². The Bertz CT molecular complexity index is 531. The van der Waals surface area contributed by atoms with Gasteiger partial charge in [-0.3, -0.25) is 4.98 Å². The molecule has 0 radical (unpaired) electrons. The number of hydrogen-bond acceptors (Lipinski definition) is 4. The van der Waals surface area contributed by atoms with E-state index in [1.165, 1.54) is 6.20 Å². The molecule has 0 aliphatic heterocycles. The fourth-order valence-electron chi connectivity index (χ4n) is 1.16. The molecule has 0 aliphatic carbocycles. The lowest BCUT2D eigenvalue weighted by Crippen LogP contribution is -2.03. The van der Waals surface area contributed by atoms with Gasteiger partial charge in [0.15, 0.2) is 11.5 Å². The number of nitrogens with zero attached hydrogens (tertiary/aromatic N) is 3. The second-order valence-electron chi connectivity index (χ2n) is 2.93. The van der Waals surface area contributed by atoms with Crippen LogP contribution in [0.2, 0.25) is 5.02 Å². The summed E-state index contributed by atoms with van der Waals surface area (Å²) in [6.45, 7) is 0. The molecule has 5 nitrogen and oxygen atoms in total. The Morgan fingerprint density at radius 2 is 2.00 bits per heavy atom. The van der Waals surface area contributed by atoms with E-state index in [2.05, 4.69) is 15.0 Å². The van der Waals surface area contributed by atoms with Crippen molar-refractivity contribution in [3.63, 3.8) is 0 Å². The summed E-state index contributed by atoms with van der Waals surface area (Å²) in [4.78, 5) is 22.5. The molecule has 6 heteroatoms. The van der Waals surface area contributed by atoms with E-state index in [9.17, 15) is 4.79 Å². The predicted octanol–water partition coefficient (Wildman–Crippen LogP) is 1.89. The highest BCUT2D eigenvalue weighted by Gasteiger charge is 2.13. The lowest BCUT2D eigenvalue weighted by molar-refractivity contribution is 0.0690. The molecule has 0 amide bonds. The number of hydrogen-bond donors (Lipinski definition) is 1. The van der Waals surface area contributed by atoms with E-state index in [4.69, 9.17) is 16.7 Å². The molecule has 0 bridgehead atoms. The zero-order chi connectivity index (χ0) is 11.5. The van der Waals surface area contributed by atoms with Crippen LogP contribution in [-0.2, 0) is 0 Å². The fourth-order valence-corrected chi connectivity index (χ4v) is 1.33. The molecule has 0 unspecified atom stereocenters. The van der Waals surface area contributed by atoms with E-state index in [0.29, 0.717) is 11.4 Å². The molecular formula is C10H6ClN3O2. The van der Waals surface area contributed by atoms with Crippen molar-refractivity contribution < 1.29 is 9.90 Å². The second-order valence-corrected chi connectivity index (χ2v) is 3.34. The van der Waals surface area contributed by atoms with Crippen LogP contribution in [0.1, 0.15) is 10.5 Å². The maximum absolute atomic E-state index is 10.8. The average molecular weight is 236 g/mol. The van der Waals surface area contributed by atoms with Gasteiger partial charge in [0.05, 0.1) is 11.2 Å². The molecule has 2 heterocycles. The van der Waals surface area contributed by atoms with Gasteiger partial charge in [-0.25, -0.2) is 14.8 Å². The SMILES string of the molecule is O=C(O)c1nc(-c2ccncc2)ncc1Cl. The molecule has 0 spiro atoms. The Hall–Kier alpha value is -2.01. The molecule has 0 fully saturated rings. The summed E-state index contributed by atoms with van der Waals surface area (Å²) in [5.41, 5.74) is 0.484. The third-order valence-corrected chi connectivity index (χ3v) is 2.16. The summed E-state index contributed by atoms with van der Waals surface area (Å²) in [5.74, 6) is -0.869. The minimum absolute atomic E-state index is 0.0188. The number of aromatic carboxylic acids is 1. The highest BCUT2D eigenvalue weighted by molar-refractivity contribution is 6.33.